The van der Waals surface area contributed by atoms with Crippen molar-refractivity contribution in [2.75, 3.05) is 13.2 Å². The van der Waals surface area contributed by atoms with Gasteiger partial charge in [-0.25, -0.2) is 0 Å². The van der Waals surface area contributed by atoms with Gasteiger partial charge in [0.2, 0.25) is 0 Å². The van der Waals surface area contributed by atoms with Crippen LogP contribution < -0.4 is 0 Å². The molecule has 0 rings (SSSR count). The van der Waals surface area contributed by atoms with Gasteiger partial charge < -0.3 is 15.3 Å². The molecule has 0 aromatic heterocycles. The monoisotopic (exact) mass is 175 g/mol. The maximum absolute atomic E-state index is 9.26. The van der Waals surface area contributed by atoms with E-state index in [0.29, 0.717) is 19.3 Å². The van der Waals surface area contributed by atoms with Crippen LogP contribution in [0.5, 0.6) is 0 Å². The van der Waals surface area contributed by atoms with E-state index < -0.39 is 6.10 Å². The van der Waals surface area contributed by atoms with Gasteiger partial charge in [-0.2, -0.15) is 0 Å². The van der Waals surface area contributed by atoms with Crippen LogP contribution in [0.25, 0.3) is 0 Å². The molecular weight excluding hydrogens is 156 g/mol. The van der Waals surface area contributed by atoms with E-state index in [9.17, 15) is 5.11 Å². The van der Waals surface area contributed by atoms with Crippen LogP contribution in [-0.2, 0) is 0 Å². The molecule has 0 saturated carbocycles. The smallest absolute Gasteiger partial charge is 0.0571 e. The topological polar surface area (TPSA) is 60.7 Å². The molecule has 3 heteroatoms. The molecule has 0 bridgehead atoms. The summed E-state index contributed by atoms with van der Waals surface area (Å²) >= 11 is 0. The number of rotatable bonds is 7. The van der Waals surface area contributed by atoms with Gasteiger partial charge in [0, 0.05) is 13.2 Å². The van der Waals surface area contributed by atoms with Gasteiger partial charge in [0.25, 0.3) is 0 Å². The summed E-state index contributed by atoms with van der Waals surface area (Å²) in [5, 5.41) is 26.6. The van der Waals surface area contributed by atoms with Crippen molar-refractivity contribution in [3.8, 4) is 0 Å². The molecule has 1 atom stereocenters. The summed E-state index contributed by atoms with van der Waals surface area (Å²) in [6, 6.07) is 0. The normalized spacial score (nSPS) is 13.8. The average Bonchev–Trinajstić information content (AvgIpc) is 2.05. The number of aliphatic hydroxyl groups excluding tert-OH is 3. The molecule has 3 nitrogen and oxygen atoms in total. The Morgan fingerprint density at radius 2 is 1.67 bits per heavy atom. The van der Waals surface area contributed by atoms with Crippen LogP contribution in [0, 0.1) is 12.3 Å². The first kappa shape index (κ1) is 11.9. The summed E-state index contributed by atoms with van der Waals surface area (Å²) in [7, 11) is 0. The van der Waals surface area contributed by atoms with Crippen molar-refractivity contribution in [2.24, 2.45) is 5.92 Å². The molecule has 0 aliphatic carbocycles. The van der Waals surface area contributed by atoms with Gasteiger partial charge in [-0.15, -0.1) is 0 Å². The highest BCUT2D eigenvalue weighted by molar-refractivity contribution is 4.73. The van der Waals surface area contributed by atoms with Crippen molar-refractivity contribution in [3.63, 3.8) is 0 Å². The standard InChI is InChI=1S/C9H19O3/c1-2-9(12)7-8(3-5-10)4-6-11/h2,8-12H,3-7H2,1H3. The minimum absolute atomic E-state index is 0.126. The van der Waals surface area contributed by atoms with Crippen molar-refractivity contribution in [3.05, 3.63) is 6.42 Å². The van der Waals surface area contributed by atoms with Gasteiger partial charge >= 0.3 is 0 Å². The Bertz CT molecular complexity index is 89.8. The Balaban J connectivity index is 3.61. The first-order valence-corrected chi connectivity index (χ1v) is 4.43. The van der Waals surface area contributed by atoms with Gasteiger partial charge in [-0.3, -0.25) is 0 Å². The molecular formula is C9H19O3. The van der Waals surface area contributed by atoms with E-state index >= 15 is 0 Å². The molecule has 73 valence electrons. The van der Waals surface area contributed by atoms with Crippen LogP contribution in [0.4, 0.5) is 0 Å². The summed E-state index contributed by atoms with van der Waals surface area (Å²) in [5.41, 5.74) is 0. The second-order valence-corrected chi connectivity index (χ2v) is 3.03. The fourth-order valence-electron chi connectivity index (χ4n) is 1.22. The highest BCUT2D eigenvalue weighted by atomic mass is 16.3. The molecule has 0 aliphatic heterocycles. The van der Waals surface area contributed by atoms with Crippen LogP contribution in [0.15, 0.2) is 0 Å². The average molecular weight is 175 g/mol. The molecule has 0 aromatic rings. The third-order valence-electron chi connectivity index (χ3n) is 2.03. The lowest BCUT2D eigenvalue weighted by atomic mass is 9.94. The van der Waals surface area contributed by atoms with Crippen molar-refractivity contribution in [1.29, 1.82) is 0 Å². The van der Waals surface area contributed by atoms with Crippen LogP contribution >= 0.6 is 0 Å². The van der Waals surface area contributed by atoms with Gasteiger partial charge in [-0.05, 0) is 31.6 Å². The lowest BCUT2D eigenvalue weighted by Crippen LogP contribution is -2.15. The van der Waals surface area contributed by atoms with Crippen molar-refractivity contribution in [1.82, 2.24) is 0 Å². The van der Waals surface area contributed by atoms with Gasteiger partial charge in [0.05, 0.1) is 6.10 Å². The molecule has 3 N–H and O–H groups in total. The zero-order chi connectivity index (χ0) is 9.40. The third kappa shape index (κ3) is 5.52. The largest absolute Gasteiger partial charge is 0.396 e. The van der Waals surface area contributed by atoms with E-state index in [2.05, 4.69) is 0 Å². The van der Waals surface area contributed by atoms with Crippen LogP contribution in [0.1, 0.15) is 26.2 Å². The Hall–Kier alpha value is -0.120. The van der Waals surface area contributed by atoms with Crippen LogP contribution in [0.3, 0.4) is 0 Å². The van der Waals surface area contributed by atoms with E-state index in [1.807, 2.05) is 0 Å². The summed E-state index contributed by atoms with van der Waals surface area (Å²) in [6.07, 6.45) is 3.27. The van der Waals surface area contributed by atoms with E-state index in [1.54, 1.807) is 13.3 Å². The quantitative estimate of drug-likeness (QED) is 0.523. The second kappa shape index (κ2) is 7.53. The fraction of sp³-hybridized carbons (Fsp3) is 0.889. The van der Waals surface area contributed by atoms with Crippen LogP contribution in [-0.4, -0.2) is 34.6 Å². The summed E-state index contributed by atoms with van der Waals surface area (Å²) in [5.74, 6) is 0.228. The SMILES string of the molecule is C[CH]C(O)CC(CCO)CCO. The molecule has 0 aliphatic rings. The Labute approximate surface area is 74.0 Å². The number of hydrogen-bond donors (Lipinski definition) is 3. The van der Waals surface area contributed by atoms with E-state index in [-0.39, 0.29) is 19.1 Å². The first-order valence-electron chi connectivity index (χ1n) is 4.43. The molecule has 0 aromatic carbocycles. The molecule has 1 unspecified atom stereocenters. The van der Waals surface area contributed by atoms with Crippen molar-refractivity contribution >= 4 is 0 Å². The maximum Gasteiger partial charge on any atom is 0.0571 e. The minimum atomic E-state index is -0.409. The molecule has 12 heavy (non-hydrogen) atoms. The predicted molar refractivity (Wildman–Crippen MR) is 47.5 cm³/mol. The number of aliphatic hydroxyl groups is 3. The van der Waals surface area contributed by atoms with E-state index in [1.165, 1.54) is 0 Å². The van der Waals surface area contributed by atoms with Gasteiger partial charge in [-0.1, -0.05) is 6.92 Å². The van der Waals surface area contributed by atoms with E-state index in [4.69, 9.17) is 10.2 Å². The summed E-state index contributed by atoms with van der Waals surface area (Å²) in [6.45, 7) is 2.06. The second-order valence-electron chi connectivity index (χ2n) is 3.03. The predicted octanol–water partition coefficient (Wildman–Crippen LogP) is 0.343. The molecule has 0 spiro atoms. The van der Waals surface area contributed by atoms with Crippen molar-refractivity contribution < 1.29 is 15.3 Å². The van der Waals surface area contributed by atoms with Crippen molar-refractivity contribution in [2.45, 2.75) is 32.3 Å². The summed E-state index contributed by atoms with van der Waals surface area (Å²) < 4.78 is 0. The number of hydrogen-bond acceptors (Lipinski definition) is 3. The van der Waals surface area contributed by atoms with E-state index in [0.717, 1.165) is 0 Å². The molecule has 0 fully saturated rings. The van der Waals surface area contributed by atoms with Gasteiger partial charge in [0.15, 0.2) is 0 Å². The zero-order valence-corrected chi connectivity index (χ0v) is 7.61. The molecule has 0 heterocycles. The fourth-order valence-corrected chi connectivity index (χ4v) is 1.22. The maximum atomic E-state index is 9.26. The lowest BCUT2D eigenvalue weighted by molar-refractivity contribution is 0.141. The van der Waals surface area contributed by atoms with Crippen LogP contribution in [0.2, 0.25) is 0 Å². The minimum Gasteiger partial charge on any atom is -0.396 e. The van der Waals surface area contributed by atoms with Gasteiger partial charge in [0.1, 0.15) is 0 Å². The molecule has 1 radical (unpaired) electrons. The Kier molecular flexibility index (Phi) is 7.45. The molecule has 0 amide bonds. The lowest BCUT2D eigenvalue weighted by Gasteiger charge is -2.17. The highest BCUT2D eigenvalue weighted by Crippen LogP contribution is 2.15. The Morgan fingerprint density at radius 1 is 1.17 bits per heavy atom. The zero-order valence-electron chi connectivity index (χ0n) is 7.61. The highest BCUT2D eigenvalue weighted by Gasteiger charge is 2.12. The first-order chi connectivity index (χ1) is 5.74. The Morgan fingerprint density at radius 3 is 2.00 bits per heavy atom. The summed E-state index contributed by atoms with van der Waals surface area (Å²) in [4.78, 5) is 0. The third-order valence-corrected chi connectivity index (χ3v) is 2.03. The molecule has 0 saturated heterocycles.